The minimum atomic E-state index is -0.612. The molecule has 1 heterocycles. The summed E-state index contributed by atoms with van der Waals surface area (Å²) in [4.78, 5) is 17.4. The van der Waals surface area contributed by atoms with Crippen LogP contribution >= 0.6 is 0 Å². The number of nitrogens with zero attached hydrogens (tertiary/aromatic N) is 2. The third-order valence-electron chi connectivity index (χ3n) is 3.60. The van der Waals surface area contributed by atoms with Gasteiger partial charge in [0, 0.05) is 11.3 Å². The number of nitrogen functional groups attached to an aromatic ring is 1. The van der Waals surface area contributed by atoms with Crippen LogP contribution in [0.25, 0.3) is 22.4 Å². The summed E-state index contributed by atoms with van der Waals surface area (Å²) in [6, 6.07) is 12.6. The van der Waals surface area contributed by atoms with Crippen molar-refractivity contribution in [2.75, 3.05) is 12.8 Å². The van der Waals surface area contributed by atoms with Crippen LogP contribution in [-0.4, -0.2) is 28.4 Å². The largest absolute Gasteiger partial charge is 0.497 e. The van der Waals surface area contributed by atoms with Crippen molar-refractivity contribution < 1.29 is 14.3 Å². The summed E-state index contributed by atoms with van der Waals surface area (Å²) in [7, 11) is 1.60. The first kappa shape index (κ1) is 16.8. The lowest BCUT2D eigenvalue weighted by Crippen LogP contribution is -2.27. The molecule has 0 spiro atoms. The summed E-state index contributed by atoms with van der Waals surface area (Å²) < 4.78 is 12.2. The Hall–Kier alpha value is -3.02. The van der Waals surface area contributed by atoms with Crippen LogP contribution in [0.4, 0.5) is 10.5 Å². The van der Waals surface area contributed by atoms with Gasteiger partial charge in [-0.3, -0.25) is 0 Å². The van der Waals surface area contributed by atoms with Crippen LogP contribution in [0, 0.1) is 0 Å². The number of carbonyl (C=O) groups is 1. The molecule has 1 aromatic heterocycles. The van der Waals surface area contributed by atoms with Gasteiger partial charge in [-0.15, -0.1) is 0 Å². The van der Waals surface area contributed by atoms with Crippen molar-refractivity contribution in [3.63, 3.8) is 0 Å². The third kappa shape index (κ3) is 3.42. The van der Waals surface area contributed by atoms with Gasteiger partial charge in [-0.2, -0.15) is 0 Å². The Morgan fingerprint density at radius 3 is 2.40 bits per heavy atom. The van der Waals surface area contributed by atoms with Gasteiger partial charge in [0.2, 0.25) is 0 Å². The van der Waals surface area contributed by atoms with Crippen LogP contribution in [0.2, 0.25) is 0 Å². The molecule has 0 aliphatic heterocycles. The van der Waals surface area contributed by atoms with E-state index in [1.165, 1.54) is 4.57 Å². The van der Waals surface area contributed by atoms with Crippen LogP contribution in [-0.2, 0) is 4.74 Å². The maximum absolute atomic E-state index is 12.8. The first-order valence-corrected chi connectivity index (χ1v) is 7.94. The Balaban J connectivity index is 2.18. The number of methoxy groups -OCH3 is 1. The van der Waals surface area contributed by atoms with E-state index in [0.29, 0.717) is 22.5 Å². The van der Waals surface area contributed by atoms with Gasteiger partial charge < -0.3 is 15.2 Å². The molecule has 0 bridgehead atoms. The highest BCUT2D eigenvalue weighted by molar-refractivity contribution is 5.93. The molecule has 0 radical (unpaired) electrons. The summed E-state index contributed by atoms with van der Waals surface area (Å²) >= 11 is 0. The van der Waals surface area contributed by atoms with Crippen molar-refractivity contribution in [2.45, 2.75) is 26.4 Å². The molecular formula is C19H21N3O3. The molecule has 0 saturated heterocycles. The average molecular weight is 339 g/mol. The van der Waals surface area contributed by atoms with Crippen LogP contribution in [0.3, 0.4) is 0 Å². The molecule has 2 N–H and O–H groups in total. The highest BCUT2D eigenvalue weighted by Crippen LogP contribution is 2.28. The molecule has 6 nitrogen and oxygen atoms in total. The zero-order chi connectivity index (χ0) is 18.2. The standard InChI is InChI=1S/C19H21N3O3/c1-19(2,3)25-18(23)22-16-10-7-13(20)11-15(16)21-17(22)12-5-8-14(24-4)9-6-12/h5-11H,20H2,1-4H3. The van der Waals surface area contributed by atoms with Gasteiger partial charge in [0.25, 0.3) is 0 Å². The van der Waals surface area contributed by atoms with Gasteiger partial charge in [-0.05, 0) is 63.2 Å². The number of ether oxygens (including phenoxy) is 2. The van der Waals surface area contributed by atoms with Crippen molar-refractivity contribution in [3.05, 3.63) is 42.5 Å². The van der Waals surface area contributed by atoms with Crippen LogP contribution in [0.1, 0.15) is 20.8 Å². The van der Waals surface area contributed by atoms with Gasteiger partial charge >= 0.3 is 6.09 Å². The highest BCUT2D eigenvalue weighted by atomic mass is 16.6. The van der Waals surface area contributed by atoms with Crippen molar-refractivity contribution in [1.82, 2.24) is 9.55 Å². The summed E-state index contributed by atoms with van der Waals surface area (Å²) in [5, 5.41) is 0. The number of nitrogens with two attached hydrogens (primary N) is 1. The Labute approximate surface area is 146 Å². The maximum atomic E-state index is 12.8. The number of hydrogen-bond donors (Lipinski definition) is 1. The second-order valence-electron chi connectivity index (χ2n) is 6.73. The second kappa shape index (κ2) is 6.12. The van der Waals surface area contributed by atoms with E-state index in [4.69, 9.17) is 15.2 Å². The topological polar surface area (TPSA) is 79.4 Å². The molecular weight excluding hydrogens is 318 g/mol. The number of anilines is 1. The van der Waals surface area contributed by atoms with Crippen molar-refractivity contribution >= 4 is 22.8 Å². The van der Waals surface area contributed by atoms with E-state index in [0.717, 1.165) is 11.3 Å². The SMILES string of the molecule is COc1ccc(-c2nc3cc(N)ccc3n2C(=O)OC(C)(C)C)cc1. The lowest BCUT2D eigenvalue weighted by atomic mass is 10.2. The lowest BCUT2D eigenvalue weighted by molar-refractivity contribution is 0.0546. The first-order chi connectivity index (χ1) is 11.8. The predicted octanol–water partition coefficient (Wildman–Crippen LogP) is 4.08. The molecule has 130 valence electrons. The normalized spacial score (nSPS) is 11.5. The average Bonchev–Trinajstić information content (AvgIpc) is 2.91. The molecule has 0 aliphatic rings. The van der Waals surface area contributed by atoms with E-state index in [1.807, 2.05) is 45.0 Å². The highest BCUT2D eigenvalue weighted by Gasteiger charge is 2.24. The van der Waals surface area contributed by atoms with Crippen molar-refractivity contribution in [1.29, 1.82) is 0 Å². The van der Waals surface area contributed by atoms with Crippen LogP contribution in [0.5, 0.6) is 5.75 Å². The second-order valence-corrected chi connectivity index (χ2v) is 6.73. The number of benzene rings is 2. The van der Waals surface area contributed by atoms with E-state index < -0.39 is 11.7 Å². The third-order valence-corrected chi connectivity index (χ3v) is 3.60. The minimum Gasteiger partial charge on any atom is -0.497 e. The number of imidazole rings is 1. The van der Waals surface area contributed by atoms with Gasteiger partial charge in [-0.25, -0.2) is 14.3 Å². The van der Waals surface area contributed by atoms with Crippen molar-refractivity contribution in [3.8, 4) is 17.1 Å². The zero-order valence-electron chi connectivity index (χ0n) is 14.7. The summed E-state index contributed by atoms with van der Waals surface area (Å²) in [6.07, 6.45) is -0.481. The molecule has 2 aromatic carbocycles. The molecule has 25 heavy (non-hydrogen) atoms. The van der Waals surface area contributed by atoms with E-state index in [2.05, 4.69) is 4.98 Å². The number of carbonyl (C=O) groups excluding carboxylic acids is 1. The number of hydrogen-bond acceptors (Lipinski definition) is 5. The molecule has 0 amide bonds. The van der Waals surface area contributed by atoms with Gasteiger partial charge in [0.1, 0.15) is 11.4 Å². The Morgan fingerprint density at radius 1 is 1.12 bits per heavy atom. The minimum absolute atomic E-state index is 0.481. The molecule has 0 fully saturated rings. The molecule has 6 heteroatoms. The van der Waals surface area contributed by atoms with E-state index >= 15 is 0 Å². The molecule has 0 saturated carbocycles. The predicted molar refractivity (Wildman–Crippen MR) is 97.8 cm³/mol. The number of rotatable bonds is 2. The molecule has 0 aliphatic carbocycles. The van der Waals surface area contributed by atoms with Crippen molar-refractivity contribution in [2.24, 2.45) is 0 Å². The van der Waals surface area contributed by atoms with E-state index in [9.17, 15) is 4.79 Å². The smallest absolute Gasteiger partial charge is 0.420 e. The molecule has 3 rings (SSSR count). The van der Waals surface area contributed by atoms with Crippen LogP contribution in [0.15, 0.2) is 42.5 Å². The monoisotopic (exact) mass is 339 g/mol. The Morgan fingerprint density at radius 2 is 1.80 bits per heavy atom. The quantitative estimate of drug-likeness (QED) is 0.712. The fourth-order valence-electron chi connectivity index (χ4n) is 2.52. The van der Waals surface area contributed by atoms with E-state index in [1.54, 1.807) is 25.3 Å². The molecule has 3 aromatic rings. The summed E-state index contributed by atoms with van der Waals surface area (Å²) in [5.41, 5.74) is 7.89. The number of fused-ring (bicyclic) bond motifs is 1. The van der Waals surface area contributed by atoms with E-state index in [-0.39, 0.29) is 0 Å². The fraction of sp³-hybridized carbons (Fsp3) is 0.263. The molecule has 0 atom stereocenters. The number of aromatic nitrogens is 2. The zero-order valence-corrected chi connectivity index (χ0v) is 14.7. The van der Waals surface area contributed by atoms with Crippen LogP contribution < -0.4 is 10.5 Å². The van der Waals surface area contributed by atoms with Gasteiger partial charge in [0.15, 0.2) is 5.82 Å². The summed E-state index contributed by atoms with van der Waals surface area (Å²) in [5.74, 6) is 1.23. The fourth-order valence-corrected chi connectivity index (χ4v) is 2.52. The van der Waals surface area contributed by atoms with Gasteiger partial charge in [0.05, 0.1) is 18.1 Å². The lowest BCUT2D eigenvalue weighted by Gasteiger charge is -2.20. The maximum Gasteiger partial charge on any atom is 0.420 e. The first-order valence-electron chi connectivity index (χ1n) is 7.94. The Kier molecular flexibility index (Phi) is 4.12. The van der Waals surface area contributed by atoms with Gasteiger partial charge in [-0.1, -0.05) is 0 Å². The molecule has 0 unspecified atom stereocenters. The Bertz CT molecular complexity index is 921. The summed E-state index contributed by atoms with van der Waals surface area (Å²) in [6.45, 7) is 5.49.